The zero-order chi connectivity index (χ0) is 21.5. The molecule has 0 bridgehead atoms. The Balaban J connectivity index is 1.76. The standard InChI is InChI=1S/C21H21N7O2/c1-12-4-16(19(30)28(3)8-12)26-20-25-11-24-18(27-20)13-5-14(7-22)17-15(6-13)21(2,10-29)9-23-17/h4-6,8,11,23,29H,9-10H2,1-3H3,(H,24,25,26,27)/t21-/m1/s1. The number of rotatable bonds is 4. The molecule has 0 fully saturated rings. The monoisotopic (exact) mass is 403 g/mol. The summed E-state index contributed by atoms with van der Waals surface area (Å²) in [6.07, 6.45) is 3.10. The Morgan fingerprint density at radius 3 is 2.90 bits per heavy atom. The number of aliphatic hydroxyl groups is 1. The molecule has 152 valence electrons. The summed E-state index contributed by atoms with van der Waals surface area (Å²) < 4.78 is 1.49. The van der Waals surface area contributed by atoms with Gasteiger partial charge in [0.25, 0.3) is 5.56 Å². The van der Waals surface area contributed by atoms with Crippen molar-refractivity contribution in [3.05, 3.63) is 57.8 Å². The Labute approximate surface area is 173 Å². The molecule has 1 aromatic carbocycles. The van der Waals surface area contributed by atoms with Crippen molar-refractivity contribution < 1.29 is 5.11 Å². The summed E-state index contributed by atoms with van der Waals surface area (Å²) in [4.78, 5) is 25.2. The van der Waals surface area contributed by atoms with E-state index in [9.17, 15) is 15.2 Å². The predicted octanol–water partition coefficient (Wildman–Crippen LogP) is 1.84. The van der Waals surface area contributed by atoms with E-state index < -0.39 is 5.41 Å². The van der Waals surface area contributed by atoms with Gasteiger partial charge in [-0.15, -0.1) is 0 Å². The highest BCUT2D eigenvalue weighted by molar-refractivity contribution is 5.75. The van der Waals surface area contributed by atoms with Gasteiger partial charge < -0.3 is 20.3 Å². The Hall–Kier alpha value is -3.77. The molecule has 0 aliphatic carbocycles. The maximum Gasteiger partial charge on any atom is 0.274 e. The summed E-state index contributed by atoms with van der Waals surface area (Å²) in [6, 6.07) is 7.52. The van der Waals surface area contributed by atoms with Gasteiger partial charge in [0.1, 0.15) is 18.1 Å². The van der Waals surface area contributed by atoms with Crippen LogP contribution < -0.4 is 16.2 Å². The molecule has 3 aromatic rings. The first-order valence-corrected chi connectivity index (χ1v) is 9.42. The third-order valence-corrected chi connectivity index (χ3v) is 5.31. The molecule has 1 aliphatic rings. The molecule has 0 amide bonds. The van der Waals surface area contributed by atoms with E-state index >= 15 is 0 Å². The zero-order valence-electron chi connectivity index (χ0n) is 16.9. The van der Waals surface area contributed by atoms with Crippen LogP contribution in [-0.4, -0.2) is 37.8 Å². The van der Waals surface area contributed by atoms with Gasteiger partial charge in [-0.1, -0.05) is 6.92 Å². The van der Waals surface area contributed by atoms with E-state index in [0.717, 1.165) is 16.8 Å². The van der Waals surface area contributed by atoms with E-state index in [0.29, 0.717) is 29.2 Å². The lowest BCUT2D eigenvalue weighted by atomic mass is 9.84. The number of benzene rings is 1. The molecule has 0 saturated carbocycles. The van der Waals surface area contributed by atoms with Crippen LogP contribution in [0.4, 0.5) is 17.3 Å². The van der Waals surface area contributed by atoms with E-state index in [4.69, 9.17) is 0 Å². The Morgan fingerprint density at radius 1 is 1.37 bits per heavy atom. The summed E-state index contributed by atoms with van der Waals surface area (Å²) in [7, 11) is 1.68. The molecule has 0 saturated heterocycles. The van der Waals surface area contributed by atoms with Crippen LogP contribution in [0.25, 0.3) is 11.4 Å². The van der Waals surface area contributed by atoms with Crippen molar-refractivity contribution in [2.45, 2.75) is 19.3 Å². The second-order valence-electron chi connectivity index (χ2n) is 7.74. The highest BCUT2D eigenvalue weighted by atomic mass is 16.3. The molecule has 1 aliphatic heterocycles. The van der Waals surface area contributed by atoms with Gasteiger partial charge in [-0.2, -0.15) is 10.2 Å². The fraction of sp³-hybridized carbons (Fsp3) is 0.286. The van der Waals surface area contributed by atoms with Crippen LogP contribution >= 0.6 is 0 Å². The first kappa shape index (κ1) is 19.5. The SMILES string of the molecule is Cc1cc(Nc2ncnc(-c3cc(C#N)c4c(c3)[C@@](C)(CO)CN4)n2)c(=O)n(C)c1. The minimum Gasteiger partial charge on any atom is -0.395 e. The third kappa shape index (κ3) is 3.27. The molecule has 1 atom stereocenters. The van der Waals surface area contributed by atoms with Crippen LogP contribution in [0.3, 0.4) is 0 Å². The molecule has 30 heavy (non-hydrogen) atoms. The van der Waals surface area contributed by atoms with Gasteiger partial charge in [0.2, 0.25) is 5.95 Å². The molecular weight excluding hydrogens is 382 g/mol. The number of nitriles is 1. The maximum atomic E-state index is 12.4. The lowest BCUT2D eigenvalue weighted by Gasteiger charge is -2.21. The van der Waals surface area contributed by atoms with Crippen LogP contribution in [0.1, 0.15) is 23.6 Å². The number of hydrogen-bond donors (Lipinski definition) is 3. The van der Waals surface area contributed by atoms with E-state index in [-0.39, 0.29) is 18.1 Å². The molecule has 9 heteroatoms. The number of nitrogens with one attached hydrogen (secondary N) is 2. The maximum absolute atomic E-state index is 12.4. The lowest BCUT2D eigenvalue weighted by Crippen LogP contribution is -2.28. The average Bonchev–Trinajstić information content (AvgIpc) is 3.08. The Bertz CT molecular complexity index is 1250. The topological polar surface area (TPSA) is 129 Å². The normalized spacial score (nSPS) is 17.2. The second kappa shape index (κ2) is 7.24. The van der Waals surface area contributed by atoms with E-state index in [1.54, 1.807) is 25.4 Å². The van der Waals surface area contributed by atoms with Crippen LogP contribution in [0, 0.1) is 18.3 Å². The number of fused-ring (bicyclic) bond motifs is 1. The number of anilines is 3. The van der Waals surface area contributed by atoms with Crippen molar-refractivity contribution in [2.24, 2.45) is 7.05 Å². The van der Waals surface area contributed by atoms with Crippen LogP contribution in [0.5, 0.6) is 0 Å². The van der Waals surface area contributed by atoms with Crippen molar-refractivity contribution in [2.75, 3.05) is 23.8 Å². The fourth-order valence-corrected chi connectivity index (χ4v) is 3.63. The molecule has 9 nitrogen and oxygen atoms in total. The van der Waals surface area contributed by atoms with Gasteiger partial charge in [0, 0.05) is 30.8 Å². The quantitative estimate of drug-likeness (QED) is 0.602. The summed E-state index contributed by atoms with van der Waals surface area (Å²) in [5, 5.41) is 25.6. The molecule has 0 radical (unpaired) electrons. The summed E-state index contributed by atoms with van der Waals surface area (Å²) in [5.41, 5.74) is 3.25. The predicted molar refractivity (Wildman–Crippen MR) is 113 cm³/mol. The number of aryl methyl sites for hydroxylation is 2. The first-order valence-electron chi connectivity index (χ1n) is 9.42. The van der Waals surface area contributed by atoms with Crippen molar-refractivity contribution >= 4 is 17.3 Å². The summed E-state index contributed by atoms with van der Waals surface area (Å²) >= 11 is 0. The van der Waals surface area contributed by atoms with Gasteiger partial charge in [-0.3, -0.25) is 4.79 Å². The highest BCUT2D eigenvalue weighted by Crippen LogP contribution is 2.40. The molecule has 3 heterocycles. The van der Waals surface area contributed by atoms with E-state index in [1.165, 1.54) is 10.9 Å². The average molecular weight is 403 g/mol. The number of pyridine rings is 1. The van der Waals surface area contributed by atoms with Crippen molar-refractivity contribution in [1.82, 2.24) is 19.5 Å². The smallest absolute Gasteiger partial charge is 0.274 e. The molecule has 0 unspecified atom stereocenters. The van der Waals surface area contributed by atoms with Crippen molar-refractivity contribution in [1.29, 1.82) is 5.26 Å². The first-order chi connectivity index (χ1) is 14.3. The van der Waals surface area contributed by atoms with Crippen LogP contribution in [-0.2, 0) is 12.5 Å². The second-order valence-corrected chi connectivity index (χ2v) is 7.74. The molecule has 3 N–H and O–H groups in total. The Morgan fingerprint density at radius 2 is 2.17 bits per heavy atom. The number of aliphatic hydroxyl groups excluding tert-OH is 1. The third-order valence-electron chi connectivity index (χ3n) is 5.31. The Kier molecular flexibility index (Phi) is 4.72. The van der Waals surface area contributed by atoms with Gasteiger partial charge in [0.05, 0.1) is 17.9 Å². The number of hydrogen-bond acceptors (Lipinski definition) is 8. The molecule has 0 spiro atoms. The zero-order valence-corrected chi connectivity index (χ0v) is 16.9. The van der Waals surface area contributed by atoms with Crippen LogP contribution in [0.2, 0.25) is 0 Å². The number of nitrogens with zero attached hydrogens (tertiary/aromatic N) is 5. The minimum absolute atomic E-state index is 0.0536. The molecular formula is C21H21N7O2. The number of aromatic nitrogens is 4. The lowest BCUT2D eigenvalue weighted by molar-refractivity contribution is 0.219. The van der Waals surface area contributed by atoms with Crippen LogP contribution in [0.15, 0.2) is 35.5 Å². The van der Waals surface area contributed by atoms with Gasteiger partial charge >= 0.3 is 0 Å². The minimum atomic E-state index is -0.501. The molecule has 2 aromatic heterocycles. The van der Waals surface area contributed by atoms with Crippen molar-refractivity contribution in [3.8, 4) is 17.5 Å². The van der Waals surface area contributed by atoms with E-state index in [1.807, 2.05) is 19.9 Å². The van der Waals surface area contributed by atoms with E-state index in [2.05, 4.69) is 31.7 Å². The van der Waals surface area contributed by atoms with Gasteiger partial charge in [-0.05, 0) is 36.2 Å². The summed E-state index contributed by atoms with van der Waals surface area (Å²) in [5.74, 6) is 0.591. The summed E-state index contributed by atoms with van der Waals surface area (Å²) in [6.45, 7) is 4.31. The fourth-order valence-electron chi connectivity index (χ4n) is 3.63. The van der Waals surface area contributed by atoms with Gasteiger partial charge in [0.15, 0.2) is 5.82 Å². The van der Waals surface area contributed by atoms with Gasteiger partial charge in [-0.25, -0.2) is 9.97 Å². The highest BCUT2D eigenvalue weighted by Gasteiger charge is 2.36. The molecule has 4 rings (SSSR count). The largest absolute Gasteiger partial charge is 0.395 e. The van der Waals surface area contributed by atoms with Crippen molar-refractivity contribution in [3.63, 3.8) is 0 Å².